The molecule has 4 nitrogen and oxygen atoms in total. The van der Waals surface area contributed by atoms with Gasteiger partial charge in [0.1, 0.15) is 5.60 Å². The van der Waals surface area contributed by atoms with Gasteiger partial charge in [0.05, 0.1) is 13.1 Å². The first kappa shape index (κ1) is 19.1. The van der Waals surface area contributed by atoms with Gasteiger partial charge in [-0.1, -0.05) is 20.3 Å². The van der Waals surface area contributed by atoms with Crippen molar-refractivity contribution < 1.29 is 18.3 Å². The second-order valence-electron chi connectivity index (χ2n) is 5.99. The van der Waals surface area contributed by atoms with Gasteiger partial charge in [-0.25, -0.2) is 13.6 Å². The van der Waals surface area contributed by atoms with Gasteiger partial charge < -0.3 is 15.4 Å². The van der Waals surface area contributed by atoms with Crippen molar-refractivity contribution in [3.63, 3.8) is 0 Å². The molecule has 0 fully saturated rings. The van der Waals surface area contributed by atoms with E-state index >= 15 is 0 Å². The van der Waals surface area contributed by atoms with Crippen LogP contribution in [0.3, 0.4) is 0 Å². The number of halogens is 2. The minimum atomic E-state index is -2.99. The lowest BCUT2D eigenvalue weighted by Crippen LogP contribution is -2.46. The molecule has 0 bridgehead atoms. The van der Waals surface area contributed by atoms with Gasteiger partial charge in [0.25, 0.3) is 5.92 Å². The zero-order chi connectivity index (χ0) is 15.8. The van der Waals surface area contributed by atoms with Gasteiger partial charge in [-0.2, -0.15) is 0 Å². The van der Waals surface area contributed by atoms with Crippen LogP contribution in [0.2, 0.25) is 0 Å². The third-order valence-electron chi connectivity index (χ3n) is 2.67. The highest BCUT2D eigenvalue weighted by Gasteiger charge is 2.30. The number of carbonyl (C=O) groups excluding carboxylic acids is 1. The molecule has 0 spiro atoms. The smallest absolute Gasteiger partial charge is 0.407 e. The van der Waals surface area contributed by atoms with E-state index in [-0.39, 0.29) is 6.04 Å². The number of nitrogens with one attached hydrogen (secondary N) is 2. The molecule has 0 aromatic carbocycles. The average molecular weight is 294 g/mol. The number of hydrogen-bond acceptors (Lipinski definition) is 3. The molecule has 0 saturated carbocycles. The van der Waals surface area contributed by atoms with Crippen LogP contribution < -0.4 is 10.6 Å². The minimum absolute atomic E-state index is 0.0902. The maximum atomic E-state index is 13.6. The fraction of sp³-hybridized carbons (Fsp3) is 0.929. The summed E-state index contributed by atoms with van der Waals surface area (Å²) in [6.07, 6.45) is 1.81. The van der Waals surface area contributed by atoms with Crippen molar-refractivity contribution in [2.45, 2.75) is 71.4 Å². The van der Waals surface area contributed by atoms with Gasteiger partial charge in [-0.3, -0.25) is 0 Å². The summed E-state index contributed by atoms with van der Waals surface area (Å²) in [5, 5.41) is 4.94. The molecule has 0 radical (unpaired) electrons. The maximum Gasteiger partial charge on any atom is 0.407 e. The van der Waals surface area contributed by atoms with Crippen molar-refractivity contribution >= 4 is 6.09 Å². The topological polar surface area (TPSA) is 50.4 Å². The Hall–Kier alpha value is -0.910. The van der Waals surface area contributed by atoms with Crippen molar-refractivity contribution in [1.29, 1.82) is 0 Å². The molecule has 2 N–H and O–H groups in total. The number of amides is 1. The highest BCUT2D eigenvalue weighted by Crippen LogP contribution is 2.13. The Kier molecular flexibility index (Phi) is 8.01. The largest absolute Gasteiger partial charge is 0.444 e. The molecule has 20 heavy (non-hydrogen) atoms. The zero-order valence-electron chi connectivity index (χ0n) is 13.2. The van der Waals surface area contributed by atoms with Gasteiger partial charge in [0.15, 0.2) is 0 Å². The van der Waals surface area contributed by atoms with Crippen LogP contribution in [0, 0.1) is 0 Å². The molecule has 0 heterocycles. The van der Waals surface area contributed by atoms with Crippen LogP contribution in [0.4, 0.5) is 13.6 Å². The Morgan fingerprint density at radius 2 is 1.80 bits per heavy atom. The van der Waals surface area contributed by atoms with E-state index in [1.165, 1.54) is 0 Å². The summed E-state index contributed by atoms with van der Waals surface area (Å²) in [6.45, 7) is 7.87. The Balaban J connectivity index is 4.09. The lowest BCUT2D eigenvalue weighted by atomic mass is 10.1. The van der Waals surface area contributed by atoms with E-state index < -0.39 is 30.7 Å². The summed E-state index contributed by atoms with van der Waals surface area (Å²) in [5.74, 6) is -2.99. The summed E-state index contributed by atoms with van der Waals surface area (Å²) in [5.41, 5.74) is -0.688. The third kappa shape index (κ3) is 9.95. The van der Waals surface area contributed by atoms with E-state index in [0.29, 0.717) is 0 Å². The summed E-state index contributed by atoms with van der Waals surface area (Å²) < 4.78 is 32.2. The summed E-state index contributed by atoms with van der Waals surface area (Å²) in [4.78, 5) is 11.3. The number of carbonyl (C=O) groups is 1. The molecule has 0 aliphatic heterocycles. The van der Waals surface area contributed by atoms with E-state index in [1.807, 2.05) is 13.8 Å². The number of rotatable bonds is 8. The summed E-state index contributed by atoms with van der Waals surface area (Å²) >= 11 is 0. The molecule has 0 rings (SSSR count). The Labute approximate surface area is 120 Å². The van der Waals surface area contributed by atoms with Gasteiger partial charge >= 0.3 is 6.09 Å². The fourth-order valence-electron chi connectivity index (χ4n) is 1.67. The molecule has 0 aliphatic rings. The average Bonchev–Trinajstić information content (AvgIpc) is 2.30. The molecule has 1 unspecified atom stereocenters. The minimum Gasteiger partial charge on any atom is -0.444 e. The SMILES string of the molecule is CCCC(CC)NCC(F)(F)CNC(=O)OC(C)(C)C. The van der Waals surface area contributed by atoms with Crippen LogP contribution in [0.15, 0.2) is 0 Å². The maximum absolute atomic E-state index is 13.6. The van der Waals surface area contributed by atoms with Gasteiger partial charge in [-0.15, -0.1) is 0 Å². The van der Waals surface area contributed by atoms with Crippen LogP contribution in [0.1, 0.15) is 53.9 Å². The van der Waals surface area contributed by atoms with Crippen molar-refractivity contribution in [2.75, 3.05) is 13.1 Å². The number of alkyl carbamates (subject to hydrolysis) is 1. The number of hydrogen-bond donors (Lipinski definition) is 2. The Bertz CT molecular complexity index is 291. The summed E-state index contributed by atoms with van der Waals surface area (Å²) in [6, 6.07) is 0.0902. The first-order chi connectivity index (χ1) is 9.09. The normalized spacial score (nSPS) is 13.9. The highest BCUT2D eigenvalue weighted by atomic mass is 19.3. The lowest BCUT2D eigenvalue weighted by Gasteiger charge is -2.24. The van der Waals surface area contributed by atoms with Crippen molar-refractivity contribution in [3.8, 4) is 0 Å². The van der Waals surface area contributed by atoms with E-state index in [0.717, 1.165) is 19.3 Å². The second-order valence-corrected chi connectivity index (χ2v) is 5.99. The third-order valence-corrected chi connectivity index (χ3v) is 2.67. The fourth-order valence-corrected chi connectivity index (χ4v) is 1.67. The van der Waals surface area contributed by atoms with Crippen LogP contribution in [0.5, 0.6) is 0 Å². The lowest BCUT2D eigenvalue weighted by molar-refractivity contribution is -0.00585. The van der Waals surface area contributed by atoms with Gasteiger partial charge in [0, 0.05) is 6.04 Å². The summed E-state index contributed by atoms with van der Waals surface area (Å²) in [7, 11) is 0. The predicted molar refractivity (Wildman–Crippen MR) is 76.2 cm³/mol. The molecule has 0 saturated heterocycles. The van der Waals surface area contributed by atoms with Crippen molar-refractivity contribution in [1.82, 2.24) is 10.6 Å². The van der Waals surface area contributed by atoms with E-state index in [1.54, 1.807) is 20.8 Å². The monoisotopic (exact) mass is 294 g/mol. The van der Waals surface area contributed by atoms with Gasteiger partial charge in [0.2, 0.25) is 0 Å². The van der Waals surface area contributed by atoms with E-state index in [9.17, 15) is 13.6 Å². The highest BCUT2D eigenvalue weighted by molar-refractivity contribution is 5.67. The molecule has 6 heteroatoms. The molecule has 1 amide bonds. The zero-order valence-corrected chi connectivity index (χ0v) is 13.2. The Morgan fingerprint density at radius 3 is 2.25 bits per heavy atom. The first-order valence-corrected chi connectivity index (χ1v) is 7.17. The van der Waals surface area contributed by atoms with Crippen molar-refractivity contribution in [2.24, 2.45) is 0 Å². The predicted octanol–water partition coefficient (Wildman–Crippen LogP) is 3.31. The van der Waals surface area contributed by atoms with E-state index in [4.69, 9.17) is 4.74 Å². The molecule has 0 aliphatic carbocycles. The van der Waals surface area contributed by atoms with Crippen LogP contribution >= 0.6 is 0 Å². The van der Waals surface area contributed by atoms with Gasteiger partial charge in [-0.05, 0) is 33.6 Å². The molecule has 0 aromatic rings. The first-order valence-electron chi connectivity index (χ1n) is 7.17. The molecule has 120 valence electrons. The standard InChI is InChI=1S/C14H28F2N2O2/c1-6-8-11(7-2)17-9-14(15,16)10-18-12(19)20-13(3,4)5/h11,17H,6-10H2,1-5H3,(H,18,19). The molecular formula is C14H28F2N2O2. The number of alkyl halides is 2. The second kappa shape index (κ2) is 8.39. The quantitative estimate of drug-likeness (QED) is 0.722. The molecule has 0 aromatic heterocycles. The van der Waals surface area contributed by atoms with E-state index in [2.05, 4.69) is 10.6 Å². The molecular weight excluding hydrogens is 266 g/mol. The van der Waals surface area contributed by atoms with Crippen LogP contribution in [-0.2, 0) is 4.74 Å². The Morgan fingerprint density at radius 1 is 1.20 bits per heavy atom. The number of ether oxygens (including phenoxy) is 1. The molecule has 1 atom stereocenters. The van der Waals surface area contributed by atoms with Crippen LogP contribution in [0.25, 0.3) is 0 Å². The van der Waals surface area contributed by atoms with Crippen molar-refractivity contribution in [3.05, 3.63) is 0 Å². The van der Waals surface area contributed by atoms with Crippen LogP contribution in [-0.4, -0.2) is 36.7 Å².